The van der Waals surface area contributed by atoms with Crippen LogP contribution in [0, 0.1) is 0 Å². The SMILES string of the molecule is CC(=O)N(CCc1ccc(C(=O)O)cc1)NCCC(O)Cc1cccc(-c2ccccc2)c1. The quantitative estimate of drug-likeness (QED) is 0.388. The number of hydrazine groups is 1. The molecular weight excluding hydrogens is 416 g/mol. The van der Waals surface area contributed by atoms with Gasteiger partial charge in [0.2, 0.25) is 5.91 Å². The molecule has 0 saturated heterocycles. The maximum absolute atomic E-state index is 12.0. The van der Waals surface area contributed by atoms with Gasteiger partial charge in [0.05, 0.1) is 11.7 Å². The molecule has 0 spiro atoms. The van der Waals surface area contributed by atoms with Crippen molar-refractivity contribution >= 4 is 11.9 Å². The Morgan fingerprint density at radius 1 is 0.909 bits per heavy atom. The van der Waals surface area contributed by atoms with E-state index in [-0.39, 0.29) is 11.5 Å². The van der Waals surface area contributed by atoms with Gasteiger partial charge in [-0.15, -0.1) is 0 Å². The lowest BCUT2D eigenvalue weighted by Crippen LogP contribution is -2.44. The molecule has 0 bridgehead atoms. The number of nitrogens with one attached hydrogen (secondary N) is 1. The molecule has 172 valence electrons. The van der Waals surface area contributed by atoms with E-state index in [0.717, 1.165) is 22.3 Å². The molecule has 1 unspecified atom stereocenters. The lowest BCUT2D eigenvalue weighted by molar-refractivity contribution is -0.132. The van der Waals surface area contributed by atoms with E-state index in [1.165, 1.54) is 11.9 Å². The van der Waals surface area contributed by atoms with E-state index in [2.05, 4.69) is 29.7 Å². The Hall–Kier alpha value is -3.48. The van der Waals surface area contributed by atoms with E-state index in [1.807, 2.05) is 30.3 Å². The van der Waals surface area contributed by atoms with Crippen LogP contribution in [0.2, 0.25) is 0 Å². The summed E-state index contributed by atoms with van der Waals surface area (Å²) in [6.45, 7) is 2.42. The number of aliphatic hydroxyl groups excluding tert-OH is 1. The van der Waals surface area contributed by atoms with Gasteiger partial charge in [0.25, 0.3) is 0 Å². The van der Waals surface area contributed by atoms with E-state index in [1.54, 1.807) is 24.3 Å². The molecule has 0 aromatic heterocycles. The highest BCUT2D eigenvalue weighted by atomic mass is 16.4. The third kappa shape index (κ3) is 7.56. The molecule has 0 saturated carbocycles. The number of amides is 1. The molecule has 6 heteroatoms. The van der Waals surface area contributed by atoms with Crippen LogP contribution in [0.1, 0.15) is 34.8 Å². The Morgan fingerprint density at radius 3 is 2.27 bits per heavy atom. The number of aliphatic hydroxyl groups is 1. The summed E-state index contributed by atoms with van der Waals surface area (Å²) in [6.07, 6.45) is 1.12. The monoisotopic (exact) mass is 446 g/mol. The highest BCUT2D eigenvalue weighted by Crippen LogP contribution is 2.21. The van der Waals surface area contributed by atoms with Crippen molar-refractivity contribution in [2.45, 2.75) is 32.3 Å². The van der Waals surface area contributed by atoms with Crippen molar-refractivity contribution in [1.82, 2.24) is 10.4 Å². The molecule has 33 heavy (non-hydrogen) atoms. The summed E-state index contributed by atoms with van der Waals surface area (Å²) < 4.78 is 0. The zero-order valence-corrected chi connectivity index (χ0v) is 18.8. The smallest absolute Gasteiger partial charge is 0.335 e. The minimum absolute atomic E-state index is 0.109. The molecule has 0 heterocycles. The highest BCUT2D eigenvalue weighted by Gasteiger charge is 2.11. The minimum Gasteiger partial charge on any atom is -0.478 e. The zero-order valence-electron chi connectivity index (χ0n) is 18.8. The normalized spacial score (nSPS) is 11.7. The predicted molar refractivity (Wildman–Crippen MR) is 129 cm³/mol. The number of nitrogens with zero attached hydrogens (tertiary/aromatic N) is 1. The fourth-order valence-electron chi connectivity index (χ4n) is 3.65. The molecule has 1 atom stereocenters. The maximum Gasteiger partial charge on any atom is 0.335 e. The Bertz CT molecular complexity index is 1050. The van der Waals surface area contributed by atoms with Crippen LogP contribution >= 0.6 is 0 Å². The number of carbonyl (C=O) groups excluding carboxylic acids is 1. The lowest BCUT2D eigenvalue weighted by atomic mass is 9.99. The molecule has 0 radical (unpaired) electrons. The van der Waals surface area contributed by atoms with Crippen LogP contribution in [0.4, 0.5) is 0 Å². The molecule has 0 aliphatic carbocycles. The van der Waals surface area contributed by atoms with Crippen LogP contribution in [-0.4, -0.2) is 46.3 Å². The third-order valence-electron chi connectivity index (χ3n) is 5.49. The Balaban J connectivity index is 1.46. The molecule has 1 amide bonds. The van der Waals surface area contributed by atoms with Crippen molar-refractivity contribution in [2.75, 3.05) is 13.1 Å². The molecule has 0 fully saturated rings. The summed E-state index contributed by atoms with van der Waals surface area (Å²) in [4.78, 5) is 22.9. The molecule has 0 aliphatic heterocycles. The molecular formula is C27H30N2O4. The second-order valence-electron chi connectivity index (χ2n) is 8.04. The molecule has 0 aliphatic rings. The van der Waals surface area contributed by atoms with Crippen molar-refractivity contribution < 1.29 is 19.8 Å². The first-order chi connectivity index (χ1) is 15.9. The van der Waals surface area contributed by atoms with Crippen molar-refractivity contribution in [3.05, 3.63) is 95.6 Å². The third-order valence-corrected chi connectivity index (χ3v) is 5.49. The molecule has 6 nitrogen and oxygen atoms in total. The van der Waals surface area contributed by atoms with Gasteiger partial charge in [-0.05, 0) is 53.6 Å². The average molecular weight is 447 g/mol. The fraction of sp³-hybridized carbons (Fsp3) is 0.259. The van der Waals surface area contributed by atoms with Gasteiger partial charge in [0.15, 0.2) is 0 Å². The topological polar surface area (TPSA) is 89.9 Å². The van der Waals surface area contributed by atoms with Crippen molar-refractivity contribution in [1.29, 1.82) is 0 Å². The number of hydrogen-bond acceptors (Lipinski definition) is 4. The summed E-state index contributed by atoms with van der Waals surface area (Å²) in [6, 6.07) is 25.0. The summed E-state index contributed by atoms with van der Waals surface area (Å²) in [5, 5.41) is 21.0. The molecule has 3 N–H and O–H groups in total. The zero-order chi connectivity index (χ0) is 23.6. The minimum atomic E-state index is -0.959. The number of carbonyl (C=O) groups is 2. The van der Waals surface area contributed by atoms with Crippen LogP contribution < -0.4 is 5.43 Å². The number of carboxylic acids is 1. The molecule has 3 aromatic rings. The van der Waals surface area contributed by atoms with Crippen molar-refractivity contribution in [3.8, 4) is 11.1 Å². The molecule has 3 aromatic carbocycles. The number of carboxylic acid groups (broad SMARTS) is 1. The maximum atomic E-state index is 12.0. The number of hydrogen-bond donors (Lipinski definition) is 3. The van der Waals surface area contributed by atoms with Crippen molar-refractivity contribution in [3.63, 3.8) is 0 Å². The molecule has 3 rings (SSSR count). The largest absolute Gasteiger partial charge is 0.478 e. The second-order valence-corrected chi connectivity index (χ2v) is 8.04. The van der Waals surface area contributed by atoms with E-state index < -0.39 is 12.1 Å². The van der Waals surface area contributed by atoms with Crippen LogP contribution in [0.25, 0.3) is 11.1 Å². The average Bonchev–Trinajstić information content (AvgIpc) is 2.82. The van der Waals surface area contributed by atoms with Gasteiger partial charge in [-0.1, -0.05) is 66.7 Å². The lowest BCUT2D eigenvalue weighted by Gasteiger charge is -2.23. The fourth-order valence-corrected chi connectivity index (χ4v) is 3.65. The van der Waals surface area contributed by atoms with Gasteiger partial charge in [-0.2, -0.15) is 0 Å². The van der Waals surface area contributed by atoms with Gasteiger partial charge < -0.3 is 10.2 Å². The van der Waals surface area contributed by atoms with E-state index >= 15 is 0 Å². The Morgan fingerprint density at radius 2 is 1.61 bits per heavy atom. The summed E-state index contributed by atoms with van der Waals surface area (Å²) in [5.74, 6) is -1.07. The highest BCUT2D eigenvalue weighted by molar-refractivity contribution is 5.87. The van der Waals surface area contributed by atoms with Gasteiger partial charge in [0, 0.05) is 20.0 Å². The Labute approximate surface area is 194 Å². The first-order valence-corrected chi connectivity index (χ1v) is 11.1. The summed E-state index contributed by atoms with van der Waals surface area (Å²) in [7, 11) is 0. The Kier molecular flexibility index (Phi) is 8.75. The van der Waals surface area contributed by atoms with Crippen LogP contribution in [0.5, 0.6) is 0 Å². The van der Waals surface area contributed by atoms with Gasteiger partial charge >= 0.3 is 5.97 Å². The summed E-state index contributed by atoms with van der Waals surface area (Å²) in [5.41, 5.74) is 7.63. The van der Waals surface area contributed by atoms with Gasteiger partial charge in [0.1, 0.15) is 0 Å². The number of benzene rings is 3. The standard InChI is InChI=1S/C27H30N2O4/c1-20(30)29(17-15-21-10-12-24(13-11-21)27(32)33)28-16-14-26(31)19-22-6-5-9-25(18-22)23-7-3-2-4-8-23/h2-13,18,26,28,31H,14-17,19H2,1H3,(H,32,33). The number of rotatable bonds is 11. The van der Waals surface area contributed by atoms with E-state index in [9.17, 15) is 14.7 Å². The van der Waals surface area contributed by atoms with E-state index in [4.69, 9.17) is 5.11 Å². The second kappa shape index (κ2) is 11.9. The summed E-state index contributed by atoms with van der Waals surface area (Å²) >= 11 is 0. The van der Waals surface area contributed by atoms with Gasteiger partial charge in [-0.3, -0.25) is 9.80 Å². The first-order valence-electron chi connectivity index (χ1n) is 11.1. The van der Waals surface area contributed by atoms with Crippen LogP contribution in [0.15, 0.2) is 78.9 Å². The van der Waals surface area contributed by atoms with Crippen LogP contribution in [0.3, 0.4) is 0 Å². The van der Waals surface area contributed by atoms with Gasteiger partial charge in [-0.25, -0.2) is 10.2 Å². The van der Waals surface area contributed by atoms with Crippen LogP contribution in [-0.2, 0) is 17.6 Å². The number of aromatic carboxylic acids is 1. The first kappa shape index (κ1) is 24.2. The van der Waals surface area contributed by atoms with Crippen molar-refractivity contribution in [2.24, 2.45) is 0 Å². The van der Waals surface area contributed by atoms with E-state index in [0.29, 0.717) is 32.4 Å². The predicted octanol–water partition coefficient (Wildman–Crippen LogP) is 3.94.